The Morgan fingerprint density at radius 2 is 2.16 bits per heavy atom. The molecule has 2 rings (SSSR count). The zero-order valence-corrected chi connectivity index (χ0v) is 10.7. The summed E-state index contributed by atoms with van der Waals surface area (Å²) in [5.74, 6) is -0.284. The first kappa shape index (κ1) is 13.2. The van der Waals surface area contributed by atoms with Gasteiger partial charge in [-0.15, -0.1) is 0 Å². The normalized spacial score (nSPS) is 12.9. The number of primary amides is 1. The molecule has 0 atom stereocenters. The van der Waals surface area contributed by atoms with Crippen LogP contribution in [-0.2, 0) is 16.0 Å². The molecule has 0 bridgehead atoms. The van der Waals surface area contributed by atoms with Crippen LogP contribution in [0.1, 0.15) is 24.8 Å². The second kappa shape index (κ2) is 5.60. The molecule has 1 aromatic carbocycles. The fraction of sp³-hybridized carbons (Fsp3) is 0.385. The Kier molecular flexibility index (Phi) is 3.89. The van der Waals surface area contributed by atoms with Crippen LogP contribution in [0.4, 0.5) is 17.1 Å². The predicted octanol–water partition coefficient (Wildman–Crippen LogP) is 0.831. The van der Waals surface area contributed by atoms with E-state index in [1.165, 1.54) is 0 Å². The minimum absolute atomic E-state index is 0.00647. The molecule has 0 saturated carbocycles. The van der Waals surface area contributed by atoms with Gasteiger partial charge in [-0.05, 0) is 30.5 Å². The molecule has 0 saturated heterocycles. The van der Waals surface area contributed by atoms with Gasteiger partial charge in [0.15, 0.2) is 0 Å². The average Bonchev–Trinajstić information content (AvgIpc) is 2.67. The molecule has 1 heterocycles. The van der Waals surface area contributed by atoms with Crippen molar-refractivity contribution in [2.45, 2.75) is 25.7 Å². The molecular weight excluding hydrogens is 244 g/mol. The Hall–Kier alpha value is -2.24. The van der Waals surface area contributed by atoms with Crippen LogP contribution in [0, 0.1) is 0 Å². The number of anilines is 3. The van der Waals surface area contributed by atoms with Crippen molar-refractivity contribution < 1.29 is 9.59 Å². The van der Waals surface area contributed by atoms with E-state index in [9.17, 15) is 9.59 Å². The fourth-order valence-electron chi connectivity index (χ4n) is 2.09. The number of unbranched alkanes of at least 4 members (excludes halogenated alkanes) is 1. The summed E-state index contributed by atoms with van der Waals surface area (Å²) in [6, 6.07) is 3.67. The van der Waals surface area contributed by atoms with Crippen LogP contribution in [0.3, 0.4) is 0 Å². The Morgan fingerprint density at radius 1 is 1.37 bits per heavy atom. The van der Waals surface area contributed by atoms with Gasteiger partial charge in [-0.3, -0.25) is 9.59 Å². The van der Waals surface area contributed by atoms with Crippen molar-refractivity contribution in [2.75, 3.05) is 22.9 Å². The second-order valence-electron chi connectivity index (χ2n) is 4.67. The predicted molar refractivity (Wildman–Crippen MR) is 74.7 cm³/mol. The molecule has 0 spiro atoms. The van der Waals surface area contributed by atoms with Gasteiger partial charge < -0.3 is 22.1 Å². The van der Waals surface area contributed by atoms with Crippen molar-refractivity contribution in [1.29, 1.82) is 0 Å². The van der Waals surface area contributed by atoms with E-state index in [0.717, 1.165) is 29.8 Å². The fourth-order valence-corrected chi connectivity index (χ4v) is 2.09. The maximum absolute atomic E-state index is 11.3. The summed E-state index contributed by atoms with van der Waals surface area (Å²) in [5.41, 5.74) is 14.2. The first-order valence-corrected chi connectivity index (χ1v) is 6.30. The Morgan fingerprint density at radius 3 is 2.89 bits per heavy atom. The molecule has 2 amide bonds. The van der Waals surface area contributed by atoms with Crippen molar-refractivity contribution in [3.05, 3.63) is 17.7 Å². The highest BCUT2D eigenvalue weighted by atomic mass is 16.2. The van der Waals surface area contributed by atoms with Crippen LogP contribution >= 0.6 is 0 Å². The van der Waals surface area contributed by atoms with Crippen LogP contribution in [0.15, 0.2) is 12.1 Å². The molecule has 1 aliphatic heterocycles. The Bertz CT molecular complexity index is 514. The molecule has 6 heteroatoms. The quantitative estimate of drug-likeness (QED) is 0.449. The largest absolute Gasteiger partial charge is 0.397 e. The lowest BCUT2D eigenvalue weighted by atomic mass is 10.1. The number of carbonyl (C=O) groups is 2. The highest BCUT2D eigenvalue weighted by Crippen LogP contribution is 2.31. The minimum Gasteiger partial charge on any atom is -0.397 e. The van der Waals surface area contributed by atoms with E-state index in [1.54, 1.807) is 0 Å². The van der Waals surface area contributed by atoms with E-state index in [4.69, 9.17) is 11.5 Å². The smallest absolute Gasteiger partial charge is 0.228 e. The first-order valence-electron chi connectivity index (χ1n) is 6.30. The SMILES string of the molecule is NC(=O)CCCCNc1cc2c(cc1N)CC(=O)N2. The van der Waals surface area contributed by atoms with Gasteiger partial charge in [-0.25, -0.2) is 0 Å². The molecule has 1 aromatic rings. The highest BCUT2D eigenvalue weighted by Gasteiger charge is 2.19. The third kappa shape index (κ3) is 3.37. The zero-order chi connectivity index (χ0) is 13.8. The van der Waals surface area contributed by atoms with Gasteiger partial charge in [-0.1, -0.05) is 0 Å². The van der Waals surface area contributed by atoms with Gasteiger partial charge in [0.1, 0.15) is 0 Å². The van der Waals surface area contributed by atoms with Crippen molar-refractivity contribution in [3.63, 3.8) is 0 Å². The molecule has 0 radical (unpaired) electrons. The molecule has 0 aromatic heterocycles. The van der Waals surface area contributed by atoms with E-state index < -0.39 is 0 Å². The van der Waals surface area contributed by atoms with E-state index >= 15 is 0 Å². The number of carbonyl (C=O) groups excluding carboxylic acids is 2. The molecule has 1 aliphatic rings. The summed E-state index contributed by atoms with van der Waals surface area (Å²) >= 11 is 0. The average molecular weight is 262 g/mol. The van der Waals surface area contributed by atoms with Crippen LogP contribution in [0.2, 0.25) is 0 Å². The highest BCUT2D eigenvalue weighted by molar-refractivity contribution is 6.00. The lowest BCUT2D eigenvalue weighted by Crippen LogP contribution is -2.11. The standard InChI is InChI=1S/C13H18N4O2/c14-9-5-8-6-13(19)17-10(8)7-11(9)16-4-2-1-3-12(15)18/h5,7,16H,1-4,6,14H2,(H2,15,18)(H,17,19). The Labute approximate surface area is 111 Å². The number of fused-ring (bicyclic) bond motifs is 1. The van der Waals surface area contributed by atoms with E-state index in [2.05, 4.69) is 10.6 Å². The first-order chi connectivity index (χ1) is 9.06. The van der Waals surface area contributed by atoms with Gasteiger partial charge >= 0.3 is 0 Å². The number of hydrogen-bond donors (Lipinski definition) is 4. The van der Waals surface area contributed by atoms with Crippen molar-refractivity contribution >= 4 is 28.9 Å². The minimum atomic E-state index is -0.278. The van der Waals surface area contributed by atoms with Crippen molar-refractivity contribution in [1.82, 2.24) is 0 Å². The third-order valence-corrected chi connectivity index (χ3v) is 3.07. The summed E-state index contributed by atoms with van der Waals surface area (Å²) < 4.78 is 0. The van der Waals surface area contributed by atoms with Crippen LogP contribution in [-0.4, -0.2) is 18.4 Å². The number of rotatable bonds is 6. The summed E-state index contributed by atoms with van der Waals surface area (Å²) in [6.07, 6.45) is 2.38. The summed E-state index contributed by atoms with van der Waals surface area (Å²) in [5, 5.41) is 5.99. The molecule has 0 unspecified atom stereocenters. The molecule has 0 fully saturated rings. The van der Waals surface area contributed by atoms with Crippen molar-refractivity contribution in [2.24, 2.45) is 5.73 Å². The third-order valence-electron chi connectivity index (χ3n) is 3.07. The van der Waals surface area contributed by atoms with Gasteiger partial charge in [-0.2, -0.15) is 0 Å². The topological polar surface area (TPSA) is 110 Å². The van der Waals surface area contributed by atoms with E-state index in [-0.39, 0.29) is 11.8 Å². The summed E-state index contributed by atoms with van der Waals surface area (Å²) in [7, 11) is 0. The van der Waals surface area contributed by atoms with Gasteiger partial charge in [0.2, 0.25) is 11.8 Å². The lowest BCUT2D eigenvalue weighted by Gasteiger charge is -2.11. The zero-order valence-electron chi connectivity index (χ0n) is 10.7. The molecular formula is C13H18N4O2. The second-order valence-corrected chi connectivity index (χ2v) is 4.67. The van der Waals surface area contributed by atoms with Crippen LogP contribution < -0.4 is 22.1 Å². The van der Waals surface area contributed by atoms with Crippen LogP contribution in [0.5, 0.6) is 0 Å². The molecule has 6 N–H and O–H groups in total. The van der Waals surface area contributed by atoms with E-state index in [1.807, 2.05) is 12.1 Å². The van der Waals surface area contributed by atoms with Crippen LogP contribution in [0.25, 0.3) is 0 Å². The number of benzene rings is 1. The summed E-state index contributed by atoms with van der Waals surface area (Å²) in [6.45, 7) is 0.713. The number of amides is 2. The van der Waals surface area contributed by atoms with Gasteiger partial charge in [0.25, 0.3) is 0 Å². The molecule has 6 nitrogen and oxygen atoms in total. The summed E-state index contributed by atoms with van der Waals surface area (Å²) in [4.78, 5) is 21.9. The van der Waals surface area contributed by atoms with Gasteiger partial charge in [0.05, 0.1) is 17.8 Å². The van der Waals surface area contributed by atoms with E-state index in [0.29, 0.717) is 25.1 Å². The molecule has 102 valence electrons. The molecule has 0 aliphatic carbocycles. The number of nitrogen functional groups attached to an aromatic ring is 1. The molecule has 19 heavy (non-hydrogen) atoms. The number of hydrogen-bond acceptors (Lipinski definition) is 4. The number of nitrogens with one attached hydrogen (secondary N) is 2. The monoisotopic (exact) mass is 262 g/mol. The maximum Gasteiger partial charge on any atom is 0.228 e. The van der Waals surface area contributed by atoms with Gasteiger partial charge in [0, 0.05) is 18.7 Å². The Balaban J connectivity index is 1.89. The lowest BCUT2D eigenvalue weighted by molar-refractivity contribution is -0.118. The maximum atomic E-state index is 11.3. The van der Waals surface area contributed by atoms with Crippen molar-refractivity contribution in [3.8, 4) is 0 Å². The number of nitrogens with two attached hydrogens (primary N) is 2.